The number of aromatic nitrogens is 3. The molecule has 2 aromatic rings. The summed E-state index contributed by atoms with van der Waals surface area (Å²) in [5.74, 6) is 0.514. The van der Waals surface area contributed by atoms with Crippen LogP contribution in [0, 0.1) is 6.92 Å². The summed E-state index contributed by atoms with van der Waals surface area (Å²) in [5.41, 5.74) is 1.23. The summed E-state index contributed by atoms with van der Waals surface area (Å²) in [5, 5.41) is 10.0. The first-order chi connectivity index (χ1) is 7.59. The molecule has 0 spiro atoms. The van der Waals surface area contributed by atoms with Gasteiger partial charge in [-0.25, -0.2) is 0 Å². The second-order valence-electron chi connectivity index (χ2n) is 3.47. The minimum Gasteiger partial charge on any atom is -0.322 e. The Balaban J connectivity index is 2.41. The maximum atomic E-state index is 11.5. The zero-order chi connectivity index (χ0) is 11.7. The number of nitrogens with one attached hydrogen (secondary N) is 1. The fourth-order valence-corrected chi connectivity index (χ4v) is 1.42. The van der Waals surface area contributed by atoms with Crippen molar-refractivity contribution in [2.45, 2.75) is 19.2 Å². The van der Waals surface area contributed by atoms with E-state index in [2.05, 4.69) is 15.5 Å². The van der Waals surface area contributed by atoms with E-state index >= 15 is 0 Å². The topological polar surface area (TPSA) is 59.3 Å². The molecule has 1 unspecified atom stereocenters. The van der Waals surface area contributed by atoms with E-state index < -0.39 is 5.38 Å². The number of carbonyl (C=O) groups is 1. The van der Waals surface area contributed by atoms with Crippen LogP contribution in [0.15, 0.2) is 18.3 Å². The smallest absolute Gasteiger partial charge is 0.242 e. The van der Waals surface area contributed by atoms with Gasteiger partial charge in [-0.05, 0) is 26.0 Å². The number of pyridine rings is 1. The first kappa shape index (κ1) is 10.9. The molecule has 0 aliphatic rings. The molecular formula is C10H11ClN4O. The fourth-order valence-electron chi connectivity index (χ4n) is 1.36. The molecule has 1 atom stereocenters. The molecule has 2 rings (SSSR count). The van der Waals surface area contributed by atoms with Gasteiger partial charge in [0, 0.05) is 6.20 Å². The first-order valence-corrected chi connectivity index (χ1v) is 5.28. The molecule has 0 saturated carbocycles. The van der Waals surface area contributed by atoms with Crippen LogP contribution in [-0.4, -0.2) is 25.9 Å². The highest BCUT2D eigenvalue weighted by atomic mass is 35.5. The van der Waals surface area contributed by atoms with Crippen molar-refractivity contribution in [3.63, 3.8) is 0 Å². The molecule has 0 bridgehead atoms. The summed E-state index contributed by atoms with van der Waals surface area (Å²) in [6.07, 6.45) is 1.84. The number of anilines is 1. The van der Waals surface area contributed by atoms with Crippen LogP contribution in [0.2, 0.25) is 0 Å². The molecular weight excluding hydrogens is 228 g/mol. The van der Waals surface area contributed by atoms with Crippen LogP contribution in [0.1, 0.15) is 12.7 Å². The minimum atomic E-state index is -0.579. The number of amides is 1. The van der Waals surface area contributed by atoms with Gasteiger partial charge in [0.1, 0.15) is 11.2 Å². The van der Waals surface area contributed by atoms with Gasteiger partial charge in [-0.2, -0.15) is 0 Å². The number of fused-ring (bicyclic) bond motifs is 1. The second-order valence-corrected chi connectivity index (χ2v) is 4.12. The van der Waals surface area contributed by atoms with Crippen LogP contribution < -0.4 is 5.32 Å². The minimum absolute atomic E-state index is 0.254. The average molecular weight is 239 g/mol. The van der Waals surface area contributed by atoms with Crippen molar-refractivity contribution >= 4 is 28.8 Å². The molecule has 0 fully saturated rings. The summed E-state index contributed by atoms with van der Waals surface area (Å²) in [4.78, 5) is 11.5. The molecule has 0 saturated heterocycles. The number of hydrogen-bond acceptors (Lipinski definition) is 3. The molecule has 2 aromatic heterocycles. The fraction of sp³-hybridized carbons (Fsp3) is 0.300. The lowest BCUT2D eigenvalue weighted by atomic mass is 10.3. The number of rotatable bonds is 2. The molecule has 16 heavy (non-hydrogen) atoms. The summed E-state index contributed by atoms with van der Waals surface area (Å²) in [6, 6.07) is 3.58. The van der Waals surface area contributed by atoms with E-state index in [4.69, 9.17) is 11.6 Å². The molecule has 0 radical (unpaired) electrons. The number of carbonyl (C=O) groups excluding carboxylic acids is 1. The molecule has 1 amide bonds. The Bertz CT molecular complexity index is 535. The van der Waals surface area contributed by atoms with Crippen LogP contribution in [-0.2, 0) is 4.79 Å². The molecule has 0 aromatic carbocycles. The number of hydrogen-bond donors (Lipinski definition) is 1. The zero-order valence-corrected chi connectivity index (χ0v) is 9.69. The molecule has 0 aliphatic heterocycles. The van der Waals surface area contributed by atoms with Gasteiger partial charge in [-0.3, -0.25) is 9.20 Å². The predicted octanol–water partition coefficient (Wildman–Crippen LogP) is 1.60. The Labute approximate surface area is 97.4 Å². The normalized spacial score (nSPS) is 12.7. The van der Waals surface area contributed by atoms with Gasteiger partial charge in [0.2, 0.25) is 5.91 Å². The van der Waals surface area contributed by atoms with Crippen LogP contribution >= 0.6 is 11.6 Å². The summed E-state index contributed by atoms with van der Waals surface area (Å²) >= 11 is 5.68. The summed E-state index contributed by atoms with van der Waals surface area (Å²) in [7, 11) is 0. The monoisotopic (exact) mass is 238 g/mol. The molecule has 1 N–H and O–H groups in total. The third-order valence-electron chi connectivity index (χ3n) is 2.22. The van der Waals surface area contributed by atoms with Crippen molar-refractivity contribution < 1.29 is 4.79 Å². The quantitative estimate of drug-likeness (QED) is 0.809. The highest BCUT2D eigenvalue weighted by Gasteiger charge is 2.12. The van der Waals surface area contributed by atoms with Crippen molar-refractivity contribution in [1.29, 1.82) is 0 Å². The van der Waals surface area contributed by atoms with Crippen molar-refractivity contribution in [3.05, 3.63) is 24.2 Å². The van der Waals surface area contributed by atoms with Gasteiger partial charge < -0.3 is 5.32 Å². The van der Waals surface area contributed by atoms with E-state index in [9.17, 15) is 4.79 Å². The average Bonchev–Trinajstić information content (AvgIpc) is 2.62. The number of aryl methyl sites for hydroxylation is 1. The maximum absolute atomic E-state index is 11.5. The van der Waals surface area contributed by atoms with Gasteiger partial charge >= 0.3 is 0 Å². The third-order valence-corrected chi connectivity index (χ3v) is 2.42. The standard InChI is InChI=1S/C10H11ClN4O/c1-6(11)10(16)12-8-4-3-5-15-7(2)13-14-9(8)15/h3-6H,1-2H3,(H,12,16). The number of nitrogens with zero attached hydrogens (tertiary/aromatic N) is 3. The summed E-state index contributed by atoms with van der Waals surface area (Å²) < 4.78 is 1.80. The Morgan fingerprint density at radius 3 is 3.00 bits per heavy atom. The van der Waals surface area contributed by atoms with Crippen LogP contribution in [0.25, 0.3) is 5.65 Å². The molecule has 5 nitrogen and oxygen atoms in total. The Morgan fingerprint density at radius 2 is 2.31 bits per heavy atom. The molecule has 6 heteroatoms. The van der Waals surface area contributed by atoms with Crippen molar-refractivity contribution in [2.24, 2.45) is 0 Å². The Kier molecular flexibility index (Phi) is 2.78. The van der Waals surface area contributed by atoms with Crippen molar-refractivity contribution in [2.75, 3.05) is 5.32 Å². The maximum Gasteiger partial charge on any atom is 0.242 e. The summed E-state index contributed by atoms with van der Waals surface area (Å²) in [6.45, 7) is 3.46. The predicted molar refractivity (Wildman–Crippen MR) is 61.7 cm³/mol. The number of alkyl halides is 1. The zero-order valence-electron chi connectivity index (χ0n) is 8.94. The van der Waals surface area contributed by atoms with E-state index in [1.165, 1.54) is 0 Å². The van der Waals surface area contributed by atoms with Gasteiger partial charge in [0.25, 0.3) is 0 Å². The highest BCUT2D eigenvalue weighted by Crippen LogP contribution is 2.15. The molecule has 2 heterocycles. The van der Waals surface area contributed by atoms with E-state index in [-0.39, 0.29) is 5.91 Å². The number of halogens is 1. The molecule has 84 valence electrons. The Hall–Kier alpha value is -1.62. The van der Waals surface area contributed by atoms with E-state index in [0.717, 1.165) is 5.82 Å². The highest BCUT2D eigenvalue weighted by molar-refractivity contribution is 6.32. The van der Waals surface area contributed by atoms with Gasteiger partial charge in [-0.15, -0.1) is 21.8 Å². The molecule has 0 aliphatic carbocycles. The van der Waals surface area contributed by atoms with E-state index in [1.807, 2.05) is 19.2 Å². The van der Waals surface area contributed by atoms with Gasteiger partial charge in [0.15, 0.2) is 5.65 Å². The Morgan fingerprint density at radius 1 is 1.56 bits per heavy atom. The third kappa shape index (κ3) is 1.86. The lowest BCUT2D eigenvalue weighted by Crippen LogP contribution is -2.20. The van der Waals surface area contributed by atoms with Crippen molar-refractivity contribution in [3.8, 4) is 0 Å². The van der Waals surface area contributed by atoms with Gasteiger partial charge in [0.05, 0.1) is 5.69 Å². The van der Waals surface area contributed by atoms with E-state index in [1.54, 1.807) is 17.4 Å². The van der Waals surface area contributed by atoms with E-state index in [0.29, 0.717) is 11.3 Å². The van der Waals surface area contributed by atoms with Crippen LogP contribution in [0.4, 0.5) is 5.69 Å². The largest absolute Gasteiger partial charge is 0.322 e. The first-order valence-electron chi connectivity index (χ1n) is 4.85. The second kappa shape index (κ2) is 4.09. The van der Waals surface area contributed by atoms with Crippen molar-refractivity contribution in [1.82, 2.24) is 14.6 Å². The van der Waals surface area contributed by atoms with Gasteiger partial charge in [-0.1, -0.05) is 0 Å². The lowest BCUT2D eigenvalue weighted by Gasteiger charge is -2.07. The SMILES string of the molecule is Cc1nnc2c(NC(=O)C(C)Cl)cccn12. The van der Waals surface area contributed by atoms with Crippen LogP contribution in [0.5, 0.6) is 0 Å². The van der Waals surface area contributed by atoms with Crippen LogP contribution in [0.3, 0.4) is 0 Å². The lowest BCUT2D eigenvalue weighted by molar-refractivity contribution is -0.115.